The number of ether oxygens (including phenoxy) is 3. The molecule has 24 heavy (non-hydrogen) atoms. The first-order chi connectivity index (χ1) is 11.7. The lowest BCUT2D eigenvalue weighted by Gasteiger charge is -2.38. The Balaban J connectivity index is 1.25. The summed E-state index contributed by atoms with van der Waals surface area (Å²) in [5.74, 6) is 1.78. The van der Waals surface area contributed by atoms with Crippen molar-refractivity contribution in [2.75, 3.05) is 33.4 Å². The Morgan fingerprint density at radius 1 is 1.25 bits per heavy atom. The van der Waals surface area contributed by atoms with Crippen molar-refractivity contribution < 1.29 is 14.2 Å². The Hall–Kier alpha value is -1.10. The van der Waals surface area contributed by atoms with Gasteiger partial charge in [0, 0.05) is 32.7 Å². The van der Waals surface area contributed by atoms with Crippen LogP contribution in [-0.4, -0.2) is 50.0 Å². The molecule has 1 atom stereocenters. The summed E-state index contributed by atoms with van der Waals surface area (Å²) in [6.07, 6.45) is 6.39. The molecule has 4 rings (SSSR count). The average molecular weight is 331 g/mol. The summed E-state index contributed by atoms with van der Waals surface area (Å²) in [6, 6.07) is 8.39. The third-order valence-corrected chi connectivity index (χ3v) is 5.75. The van der Waals surface area contributed by atoms with Crippen LogP contribution in [0, 0.1) is 5.92 Å². The Bertz CT molecular complexity index is 550. The van der Waals surface area contributed by atoms with Crippen LogP contribution in [0.4, 0.5) is 0 Å². The summed E-state index contributed by atoms with van der Waals surface area (Å²) in [4.78, 5) is 2.53. The minimum Gasteiger partial charge on any atom is -0.497 e. The average Bonchev–Trinajstić information content (AvgIpc) is 3.37. The van der Waals surface area contributed by atoms with Gasteiger partial charge in [0.15, 0.2) is 0 Å². The molecule has 0 radical (unpaired) electrons. The van der Waals surface area contributed by atoms with Crippen molar-refractivity contribution in [3.63, 3.8) is 0 Å². The first kappa shape index (κ1) is 16.4. The lowest BCUT2D eigenvalue weighted by Crippen LogP contribution is -2.43. The lowest BCUT2D eigenvalue weighted by molar-refractivity contribution is -0.0466. The fourth-order valence-corrected chi connectivity index (χ4v) is 3.96. The van der Waals surface area contributed by atoms with Crippen LogP contribution in [0.3, 0.4) is 0 Å². The molecule has 0 unspecified atom stereocenters. The number of rotatable bonds is 6. The lowest BCUT2D eigenvalue weighted by atomic mass is 9.88. The maximum atomic E-state index is 6.21. The topological polar surface area (TPSA) is 30.9 Å². The fraction of sp³-hybridized carbons (Fsp3) is 0.700. The Morgan fingerprint density at radius 2 is 2.08 bits per heavy atom. The predicted octanol–water partition coefficient (Wildman–Crippen LogP) is 3.25. The summed E-state index contributed by atoms with van der Waals surface area (Å²) in [6.45, 7) is 4.95. The standard InChI is InChI=1S/C20H29NO3/c1-22-18-4-2-3-17(11-18)13-21-9-7-20(8-10-21)12-19(15-24-20)23-14-16-5-6-16/h2-4,11,16,19H,5-10,12-15H2,1H3/t19-/m0/s1. The maximum Gasteiger partial charge on any atom is 0.119 e. The van der Waals surface area contributed by atoms with Gasteiger partial charge in [-0.25, -0.2) is 0 Å². The first-order valence-corrected chi connectivity index (χ1v) is 9.36. The second-order valence-corrected chi connectivity index (χ2v) is 7.72. The van der Waals surface area contributed by atoms with E-state index >= 15 is 0 Å². The Kier molecular flexibility index (Phi) is 4.79. The largest absolute Gasteiger partial charge is 0.497 e. The summed E-state index contributed by atoms with van der Waals surface area (Å²) >= 11 is 0. The van der Waals surface area contributed by atoms with E-state index in [0.717, 1.165) is 63.8 Å². The van der Waals surface area contributed by atoms with E-state index < -0.39 is 0 Å². The zero-order chi connectivity index (χ0) is 16.4. The van der Waals surface area contributed by atoms with Crippen LogP contribution in [-0.2, 0) is 16.0 Å². The van der Waals surface area contributed by atoms with Gasteiger partial charge < -0.3 is 14.2 Å². The number of nitrogens with zero attached hydrogens (tertiary/aromatic N) is 1. The first-order valence-electron chi connectivity index (χ1n) is 9.36. The fourth-order valence-electron chi connectivity index (χ4n) is 3.96. The summed E-state index contributed by atoms with van der Waals surface area (Å²) in [5, 5.41) is 0. The van der Waals surface area contributed by atoms with Crippen molar-refractivity contribution in [3.05, 3.63) is 29.8 Å². The summed E-state index contributed by atoms with van der Waals surface area (Å²) in [5.41, 5.74) is 1.40. The van der Waals surface area contributed by atoms with Gasteiger partial charge in [-0.05, 0) is 49.3 Å². The van der Waals surface area contributed by atoms with Gasteiger partial charge in [0.2, 0.25) is 0 Å². The van der Waals surface area contributed by atoms with Crippen LogP contribution in [0.15, 0.2) is 24.3 Å². The molecule has 132 valence electrons. The van der Waals surface area contributed by atoms with Gasteiger partial charge in [-0.15, -0.1) is 0 Å². The molecule has 3 aliphatic rings. The van der Waals surface area contributed by atoms with E-state index in [0.29, 0.717) is 6.10 Å². The second kappa shape index (κ2) is 7.03. The molecule has 1 saturated carbocycles. The van der Waals surface area contributed by atoms with E-state index in [1.54, 1.807) is 7.11 Å². The maximum absolute atomic E-state index is 6.21. The SMILES string of the molecule is COc1cccc(CN2CCC3(CC2)C[C@H](OCC2CC2)CO3)c1. The van der Waals surface area contributed by atoms with Crippen LogP contribution >= 0.6 is 0 Å². The van der Waals surface area contributed by atoms with Gasteiger partial charge in [0.1, 0.15) is 5.75 Å². The van der Waals surface area contributed by atoms with Crippen molar-refractivity contribution in [2.45, 2.75) is 50.4 Å². The van der Waals surface area contributed by atoms with Crippen molar-refractivity contribution in [1.29, 1.82) is 0 Å². The number of hydrogen-bond donors (Lipinski definition) is 0. The monoisotopic (exact) mass is 331 g/mol. The highest BCUT2D eigenvalue weighted by Gasteiger charge is 2.43. The van der Waals surface area contributed by atoms with Gasteiger partial charge in [-0.3, -0.25) is 4.90 Å². The van der Waals surface area contributed by atoms with Crippen LogP contribution in [0.25, 0.3) is 0 Å². The molecular weight excluding hydrogens is 302 g/mol. The van der Waals surface area contributed by atoms with Gasteiger partial charge >= 0.3 is 0 Å². The highest BCUT2D eigenvalue weighted by Crippen LogP contribution is 2.38. The van der Waals surface area contributed by atoms with Gasteiger partial charge in [-0.2, -0.15) is 0 Å². The quantitative estimate of drug-likeness (QED) is 0.801. The second-order valence-electron chi connectivity index (χ2n) is 7.72. The molecule has 0 amide bonds. The zero-order valence-electron chi connectivity index (χ0n) is 14.7. The Morgan fingerprint density at radius 3 is 2.83 bits per heavy atom. The molecule has 0 N–H and O–H groups in total. The van der Waals surface area contributed by atoms with E-state index in [4.69, 9.17) is 14.2 Å². The predicted molar refractivity (Wildman–Crippen MR) is 93.3 cm³/mol. The van der Waals surface area contributed by atoms with Crippen molar-refractivity contribution >= 4 is 0 Å². The molecule has 2 saturated heterocycles. The zero-order valence-corrected chi connectivity index (χ0v) is 14.7. The van der Waals surface area contributed by atoms with E-state index in [9.17, 15) is 0 Å². The van der Waals surface area contributed by atoms with E-state index in [1.807, 2.05) is 6.07 Å². The van der Waals surface area contributed by atoms with E-state index in [2.05, 4.69) is 23.1 Å². The third-order valence-electron chi connectivity index (χ3n) is 5.75. The normalized spacial score (nSPS) is 26.8. The number of benzene rings is 1. The number of hydrogen-bond acceptors (Lipinski definition) is 4. The van der Waals surface area contributed by atoms with Crippen LogP contribution in [0.1, 0.15) is 37.7 Å². The van der Waals surface area contributed by atoms with Crippen LogP contribution < -0.4 is 4.74 Å². The highest BCUT2D eigenvalue weighted by atomic mass is 16.6. The highest BCUT2D eigenvalue weighted by molar-refractivity contribution is 5.28. The number of likely N-dealkylation sites (tertiary alicyclic amines) is 1. The molecule has 1 aromatic rings. The molecule has 3 fully saturated rings. The molecule has 0 bridgehead atoms. The molecule has 1 aliphatic carbocycles. The van der Waals surface area contributed by atoms with Crippen LogP contribution in [0.2, 0.25) is 0 Å². The molecule has 0 aromatic heterocycles. The minimum atomic E-state index is 0.0824. The number of piperidine rings is 1. The van der Waals surface area contributed by atoms with Crippen molar-refractivity contribution in [2.24, 2.45) is 5.92 Å². The molecule has 2 aliphatic heterocycles. The molecular formula is C20H29NO3. The van der Waals surface area contributed by atoms with Crippen molar-refractivity contribution in [3.8, 4) is 5.75 Å². The van der Waals surface area contributed by atoms with Gasteiger partial charge in [0.25, 0.3) is 0 Å². The summed E-state index contributed by atoms with van der Waals surface area (Å²) < 4.78 is 17.6. The molecule has 4 nitrogen and oxygen atoms in total. The minimum absolute atomic E-state index is 0.0824. The van der Waals surface area contributed by atoms with E-state index in [1.165, 1.54) is 18.4 Å². The molecule has 1 aromatic carbocycles. The summed E-state index contributed by atoms with van der Waals surface area (Å²) in [7, 11) is 1.73. The Labute approximate surface area is 145 Å². The van der Waals surface area contributed by atoms with Gasteiger partial charge in [0.05, 0.1) is 25.4 Å². The van der Waals surface area contributed by atoms with E-state index in [-0.39, 0.29) is 5.60 Å². The smallest absolute Gasteiger partial charge is 0.119 e. The molecule has 4 heteroatoms. The third kappa shape index (κ3) is 3.93. The van der Waals surface area contributed by atoms with Crippen LogP contribution in [0.5, 0.6) is 5.75 Å². The van der Waals surface area contributed by atoms with Crippen molar-refractivity contribution in [1.82, 2.24) is 4.90 Å². The van der Waals surface area contributed by atoms with Gasteiger partial charge in [-0.1, -0.05) is 12.1 Å². The number of methoxy groups -OCH3 is 1. The molecule has 1 spiro atoms. The molecule has 2 heterocycles.